The van der Waals surface area contributed by atoms with Crippen LogP contribution in [0.5, 0.6) is 0 Å². The molecule has 1 nitrogen and oxygen atoms in total. The van der Waals surface area contributed by atoms with Crippen LogP contribution in [0.3, 0.4) is 0 Å². The molecule has 90 valence electrons. The van der Waals surface area contributed by atoms with Gasteiger partial charge in [-0.25, -0.2) is 0 Å². The van der Waals surface area contributed by atoms with Crippen molar-refractivity contribution in [3.05, 3.63) is 22.4 Å². The Hall–Kier alpha value is -0.340. The summed E-state index contributed by atoms with van der Waals surface area (Å²) in [5.41, 5.74) is 0.247. The van der Waals surface area contributed by atoms with E-state index < -0.39 is 0 Å². The van der Waals surface area contributed by atoms with Gasteiger partial charge in [-0.05, 0) is 49.0 Å². The highest BCUT2D eigenvalue weighted by molar-refractivity contribution is 7.09. The largest absolute Gasteiger partial charge is 0.393 e. The molecule has 16 heavy (non-hydrogen) atoms. The van der Waals surface area contributed by atoms with E-state index in [2.05, 4.69) is 24.4 Å². The monoisotopic (exact) mass is 238 g/mol. The second kappa shape index (κ2) is 5.33. The summed E-state index contributed by atoms with van der Waals surface area (Å²) >= 11 is 1.80. The Morgan fingerprint density at radius 3 is 2.75 bits per heavy atom. The van der Waals surface area contributed by atoms with Gasteiger partial charge in [0.25, 0.3) is 0 Å². The molecule has 1 fully saturated rings. The number of rotatable bonds is 5. The van der Waals surface area contributed by atoms with Gasteiger partial charge in [0.2, 0.25) is 0 Å². The van der Waals surface area contributed by atoms with Crippen molar-refractivity contribution in [2.45, 2.75) is 58.0 Å². The molecular formula is C14H22OS. The van der Waals surface area contributed by atoms with E-state index >= 15 is 0 Å². The van der Waals surface area contributed by atoms with Gasteiger partial charge in [0, 0.05) is 4.88 Å². The van der Waals surface area contributed by atoms with Gasteiger partial charge < -0.3 is 5.11 Å². The van der Waals surface area contributed by atoms with Crippen LogP contribution >= 0.6 is 11.3 Å². The van der Waals surface area contributed by atoms with E-state index in [-0.39, 0.29) is 11.5 Å². The van der Waals surface area contributed by atoms with Crippen molar-refractivity contribution in [3.63, 3.8) is 0 Å². The highest BCUT2D eigenvalue weighted by Crippen LogP contribution is 2.45. The summed E-state index contributed by atoms with van der Waals surface area (Å²) in [5, 5.41) is 12.5. The smallest absolute Gasteiger partial charge is 0.0599 e. The Bertz CT molecular complexity index is 299. The standard InChI is InChI=1S/C14H22OS/c1-2-14(9-3-4-10-14)13(15)8-7-12-6-5-11-16-12/h5-6,11,13,15H,2-4,7-10H2,1H3. The molecule has 1 atom stereocenters. The normalized spacial score (nSPS) is 21.1. The van der Waals surface area contributed by atoms with Crippen molar-refractivity contribution in [1.82, 2.24) is 0 Å². The molecule has 1 saturated carbocycles. The summed E-state index contributed by atoms with van der Waals surface area (Å²) in [5.74, 6) is 0. The van der Waals surface area contributed by atoms with E-state index in [1.807, 2.05) is 0 Å². The zero-order valence-corrected chi connectivity index (χ0v) is 10.9. The lowest BCUT2D eigenvalue weighted by molar-refractivity contribution is 0.0194. The summed E-state index contributed by atoms with van der Waals surface area (Å²) in [6.45, 7) is 2.24. The van der Waals surface area contributed by atoms with Crippen LogP contribution in [0.25, 0.3) is 0 Å². The van der Waals surface area contributed by atoms with Crippen molar-refractivity contribution in [1.29, 1.82) is 0 Å². The molecule has 0 amide bonds. The van der Waals surface area contributed by atoms with Crippen LogP contribution in [0.15, 0.2) is 17.5 Å². The third-order valence-electron chi connectivity index (χ3n) is 4.25. The molecule has 0 radical (unpaired) electrons. The number of aryl methyl sites for hydroxylation is 1. The van der Waals surface area contributed by atoms with Crippen LogP contribution in [0.4, 0.5) is 0 Å². The van der Waals surface area contributed by atoms with Gasteiger partial charge in [-0.2, -0.15) is 0 Å². The predicted molar refractivity (Wildman–Crippen MR) is 69.8 cm³/mol. The first kappa shape index (κ1) is 12.1. The molecule has 1 unspecified atom stereocenters. The minimum atomic E-state index is -0.0953. The first-order chi connectivity index (χ1) is 7.77. The van der Waals surface area contributed by atoms with Crippen LogP contribution < -0.4 is 0 Å². The van der Waals surface area contributed by atoms with Crippen molar-refractivity contribution >= 4 is 11.3 Å². The van der Waals surface area contributed by atoms with Gasteiger partial charge in [0.05, 0.1) is 6.10 Å². The summed E-state index contributed by atoms with van der Waals surface area (Å²) in [6, 6.07) is 4.27. The highest BCUT2D eigenvalue weighted by Gasteiger charge is 2.38. The molecule has 1 aromatic heterocycles. The highest BCUT2D eigenvalue weighted by atomic mass is 32.1. The summed E-state index contributed by atoms with van der Waals surface area (Å²) < 4.78 is 0. The van der Waals surface area contributed by atoms with Crippen molar-refractivity contribution < 1.29 is 5.11 Å². The fourth-order valence-corrected chi connectivity index (χ4v) is 3.77. The Morgan fingerprint density at radius 2 is 2.19 bits per heavy atom. The Morgan fingerprint density at radius 1 is 1.44 bits per heavy atom. The number of hydrogen-bond acceptors (Lipinski definition) is 2. The van der Waals surface area contributed by atoms with Crippen LogP contribution in [0.2, 0.25) is 0 Å². The fraction of sp³-hybridized carbons (Fsp3) is 0.714. The number of thiophene rings is 1. The van der Waals surface area contributed by atoms with E-state index in [1.165, 1.54) is 30.6 Å². The number of hydrogen-bond donors (Lipinski definition) is 1. The Labute approximate surface area is 103 Å². The van der Waals surface area contributed by atoms with Crippen molar-refractivity contribution in [2.75, 3.05) is 0 Å². The lowest BCUT2D eigenvalue weighted by Gasteiger charge is -2.33. The molecule has 1 aliphatic rings. The first-order valence-corrected chi connectivity index (χ1v) is 7.35. The Balaban J connectivity index is 1.89. The molecule has 0 aliphatic heterocycles. The van der Waals surface area contributed by atoms with Gasteiger partial charge in [0.1, 0.15) is 0 Å². The van der Waals surface area contributed by atoms with Crippen LogP contribution in [-0.4, -0.2) is 11.2 Å². The Kier molecular flexibility index (Phi) is 4.04. The predicted octanol–water partition coefficient (Wildman–Crippen LogP) is 4.01. The molecule has 0 aromatic carbocycles. The van der Waals surface area contributed by atoms with Gasteiger partial charge >= 0.3 is 0 Å². The molecule has 1 aromatic rings. The molecule has 0 bridgehead atoms. The van der Waals surface area contributed by atoms with Gasteiger partial charge in [-0.3, -0.25) is 0 Å². The molecule has 2 heteroatoms. The van der Waals surface area contributed by atoms with Crippen molar-refractivity contribution in [2.24, 2.45) is 5.41 Å². The number of aliphatic hydroxyl groups is 1. The van der Waals surface area contributed by atoms with Crippen LogP contribution in [0.1, 0.15) is 50.3 Å². The minimum absolute atomic E-state index is 0.0953. The van der Waals surface area contributed by atoms with E-state index in [0.717, 1.165) is 19.3 Å². The molecule has 0 saturated heterocycles. The van der Waals surface area contributed by atoms with E-state index in [0.29, 0.717) is 0 Å². The molecule has 1 aliphatic carbocycles. The van der Waals surface area contributed by atoms with Crippen LogP contribution in [-0.2, 0) is 6.42 Å². The summed E-state index contributed by atoms with van der Waals surface area (Å²) in [7, 11) is 0. The van der Waals surface area contributed by atoms with Gasteiger partial charge in [-0.1, -0.05) is 25.8 Å². The zero-order valence-electron chi connectivity index (χ0n) is 10.1. The lowest BCUT2D eigenvalue weighted by atomic mass is 9.76. The molecule has 1 heterocycles. The molecule has 2 rings (SSSR count). The quantitative estimate of drug-likeness (QED) is 0.821. The summed E-state index contributed by atoms with van der Waals surface area (Å²) in [6.07, 6.45) is 8.10. The third-order valence-corrected chi connectivity index (χ3v) is 5.19. The second-order valence-electron chi connectivity index (χ2n) is 5.06. The van der Waals surface area contributed by atoms with Gasteiger partial charge in [0.15, 0.2) is 0 Å². The molecule has 0 spiro atoms. The third kappa shape index (κ3) is 2.49. The fourth-order valence-electron chi connectivity index (χ4n) is 3.04. The van der Waals surface area contributed by atoms with Crippen LogP contribution in [0, 0.1) is 5.41 Å². The SMILES string of the molecule is CCC1(C(O)CCc2cccs2)CCCC1. The first-order valence-electron chi connectivity index (χ1n) is 6.47. The average Bonchev–Trinajstić information content (AvgIpc) is 2.97. The van der Waals surface area contributed by atoms with E-state index in [4.69, 9.17) is 0 Å². The minimum Gasteiger partial charge on any atom is -0.393 e. The number of aliphatic hydroxyl groups excluding tert-OH is 1. The molecule has 1 N–H and O–H groups in total. The van der Waals surface area contributed by atoms with E-state index in [9.17, 15) is 5.11 Å². The van der Waals surface area contributed by atoms with Gasteiger partial charge in [-0.15, -0.1) is 11.3 Å². The topological polar surface area (TPSA) is 20.2 Å². The zero-order chi connectivity index (χ0) is 11.4. The van der Waals surface area contributed by atoms with E-state index in [1.54, 1.807) is 11.3 Å². The summed E-state index contributed by atoms with van der Waals surface area (Å²) in [4.78, 5) is 1.41. The second-order valence-corrected chi connectivity index (χ2v) is 6.09. The maximum Gasteiger partial charge on any atom is 0.0599 e. The maximum atomic E-state index is 10.4. The maximum absolute atomic E-state index is 10.4. The van der Waals surface area contributed by atoms with Crippen molar-refractivity contribution in [3.8, 4) is 0 Å². The molecular weight excluding hydrogens is 216 g/mol. The average molecular weight is 238 g/mol. The lowest BCUT2D eigenvalue weighted by Crippen LogP contribution is -2.32.